The zero-order valence-corrected chi connectivity index (χ0v) is 10.5. The van der Waals surface area contributed by atoms with Gasteiger partial charge >= 0.3 is 0 Å². The van der Waals surface area contributed by atoms with Gasteiger partial charge < -0.3 is 0 Å². The summed E-state index contributed by atoms with van der Waals surface area (Å²) < 4.78 is 1.90. The van der Waals surface area contributed by atoms with Crippen molar-refractivity contribution in [3.05, 3.63) is 30.3 Å². The van der Waals surface area contributed by atoms with Crippen LogP contribution in [0.15, 0.2) is 30.3 Å². The van der Waals surface area contributed by atoms with Crippen molar-refractivity contribution in [2.45, 2.75) is 13.8 Å². The number of hydrogen-bond acceptors (Lipinski definition) is 3. The maximum atomic E-state index is 4.20. The summed E-state index contributed by atoms with van der Waals surface area (Å²) in [5.41, 5.74) is 2.00. The van der Waals surface area contributed by atoms with Crippen molar-refractivity contribution in [2.75, 3.05) is 6.26 Å². The summed E-state index contributed by atoms with van der Waals surface area (Å²) >= 11 is 1.69. The first-order chi connectivity index (χ1) is 7.72. The average Bonchev–Trinajstić information content (AvgIpc) is 2.69. The number of rotatable bonds is 3. The van der Waals surface area contributed by atoms with Gasteiger partial charge in [-0.3, -0.25) is 0 Å². The normalized spacial score (nSPS) is 12.6. The molecule has 0 fully saturated rings. The second-order valence-corrected chi connectivity index (χ2v) is 4.77. The zero-order chi connectivity index (χ0) is 11.5. The lowest BCUT2D eigenvalue weighted by molar-refractivity contribution is 0.808. The number of nitrogens with zero attached hydrogens (tertiary/aromatic N) is 3. The molecule has 0 amide bonds. The van der Waals surface area contributed by atoms with E-state index in [1.54, 1.807) is 11.8 Å². The van der Waals surface area contributed by atoms with Gasteiger partial charge in [-0.05, 0) is 30.4 Å². The minimum absolute atomic E-state index is 0.505. The number of thioether (sulfide) groups is 1. The molecule has 0 saturated heterocycles. The lowest BCUT2D eigenvalue weighted by Crippen LogP contribution is -1.97. The maximum Gasteiger partial charge on any atom is 0.113 e. The second-order valence-electron chi connectivity index (χ2n) is 3.94. The highest BCUT2D eigenvalue weighted by molar-refractivity contribution is 8.07. The highest BCUT2D eigenvalue weighted by atomic mass is 32.2. The van der Waals surface area contributed by atoms with E-state index in [0.717, 1.165) is 16.1 Å². The van der Waals surface area contributed by atoms with Crippen molar-refractivity contribution in [3.63, 3.8) is 0 Å². The molecule has 16 heavy (non-hydrogen) atoms. The molecule has 4 heteroatoms. The van der Waals surface area contributed by atoms with Crippen molar-refractivity contribution in [1.29, 1.82) is 0 Å². The number of benzene rings is 1. The fourth-order valence-electron chi connectivity index (χ4n) is 1.54. The number of fused-ring (bicyclic) bond motifs is 1. The largest absolute Gasteiger partial charge is 0.207 e. The van der Waals surface area contributed by atoms with Gasteiger partial charge in [0.05, 0.1) is 10.5 Å². The van der Waals surface area contributed by atoms with Crippen LogP contribution in [0.3, 0.4) is 0 Å². The lowest BCUT2D eigenvalue weighted by atomic mass is 10.2. The molecule has 0 atom stereocenters. The van der Waals surface area contributed by atoms with Gasteiger partial charge in [-0.25, -0.2) is 4.68 Å². The number of para-hydroxylation sites is 1. The lowest BCUT2D eigenvalue weighted by Gasteiger charge is -2.06. The molecule has 0 N–H and O–H groups in total. The summed E-state index contributed by atoms with van der Waals surface area (Å²) in [5, 5.41) is 9.48. The molecule has 0 radical (unpaired) electrons. The Morgan fingerprint density at radius 3 is 2.81 bits per heavy atom. The Morgan fingerprint density at radius 2 is 2.12 bits per heavy atom. The van der Waals surface area contributed by atoms with E-state index in [0.29, 0.717) is 5.92 Å². The summed E-state index contributed by atoms with van der Waals surface area (Å²) in [7, 11) is 0. The quantitative estimate of drug-likeness (QED) is 0.815. The molecule has 0 unspecified atom stereocenters. The summed E-state index contributed by atoms with van der Waals surface area (Å²) in [6, 6.07) is 8.01. The van der Waals surface area contributed by atoms with Gasteiger partial charge in [0.2, 0.25) is 0 Å². The monoisotopic (exact) mass is 233 g/mol. The number of hydrogen-bond donors (Lipinski definition) is 0. The highest BCUT2D eigenvalue weighted by Crippen LogP contribution is 2.23. The molecule has 0 spiro atoms. The van der Waals surface area contributed by atoms with Crippen LogP contribution in [0.5, 0.6) is 0 Å². The van der Waals surface area contributed by atoms with E-state index in [2.05, 4.69) is 36.5 Å². The molecule has 1 aromatic heterocycles. The van der Waals surface area contributed by atoms with Crippen LogP contribution >= 0.6 is 11.8 Å². The zero-order valence-electron chi connectivity index (χ0n) is 9.71. The Labute approximate surface area is 99.5 Å². The molecule has 0 aliphatic carbocycles. The van der Waals surface area contributed by atoms with Crippen LogP contribution in [0.2, 0.25) is 0 Å². The molecule has 1 heterocycles. The fourth-order valence-corrected chi connectivity index (χ4v) is 2.26. The third kappa shape index (κ3) is 2.11. The molecule has 84 valence electrons. The predicted molar refractivity (Wildman–Crippen MR) is 70.2 cm³/mol. The first-order valence-corrected chi connectivity index (χ1v) is 6.51. The van der Waals surface area contributed by atoms with E-state index in [1.807, 2.05) is 28.9 Å². The van der Waals surface area contributed by atoms with E-state index in [-0.39, 0.29) is 0 Å². The Balaban J connectivity index is 2.54. The third-order valence-electron chi connectivity index (χ3n) is 2.25. The standard InChI is InChI=1S/C12H15N3S/c1-9(2)8-12(16-3)15-11-7-5-4-6-10(11)13-14-15/h4-9H,1-3H3/b12-8-. The van der Waals surface area contributed by atoms with E-state index >= 15 is 0 Å². The van der Waals surface area contributed by atoms with Crippen molar-refractivity contribution in [1.82, 2.24) is 15.0 Å². The average molecular weight is 233 g/mol. The first-order valence-electron chi connectivity index (χ1n) is 5.29. The Bertz CT molecular complexity index is 514. The molecule has 0 saturated carbocycles. The molecule has 0 aliphatic heterocycles. The van der Waals surface area contributed by atoms with Crippen molar-refractivity contribution < 1.29 is 0 Å². The van der Waals surface area contributed by atoms with E-state index in [4.69, 9.17) is 0 Å². The molecular weight excluding hydrogens is 218 g/mol. The van der Waals surface area contributed by atoms with Crippen LogP contribution in [0.25, 0.3) is 16.1 Å². The smallest absolute Gasteiger partial charge is 0.113 e. The SMILES string of the molecule is CS/C(=C\C(C)C)n1nnc2ccccc21. The Morgan fingerprint density at radius 1 is 1.38 bits per heavy atom. The molecule has 2 rings (SSSR count). The van der Waals surface area contributed by atoms with Crippen LogP contribution in [0.1, 0.15) is 13.8 Å². The second kappa shape index (κ2) is 4.70. The van der Waals surface area contributed by atoms with Crippen LogP contribution in [0, 0.1) is 5.92 Å². The Hall–Kier alpha value is -1.29. The predicted octanol–water partition coefficient (Wildman–Crippen LogP) is 3.25. The number of aromatic nitrogens is 3. The molecule has 2 aromatic rings. The van der Waals surface area contributed by atoms with Gasteiger partial charge in [-0.15, -0.1) is 16.9 Å². The number of allylic oxidation sites excluding steroid dienone is 1. The molecular formula is C12H15N3S. The van der Waals surface area contributed by atoms with Gasteiger partial charge in [0, 0.05) is 0 Å². The molecule has 3 nitrogen and oxygen atoms in total. The van der Waals surface area contributed by atoms with Crippen molar-refractivity contribution in [2.24, 2.45) is 5.92 Å². The molecule has 0 aliphatic rings. The summed E-state index contributed by atoms with van der Waals surface area (Å²) in [5.74, 6) is 0.505. The third-order valence-corrected chi connectivity index (χ3v) is 2.97. The van der Waals surface area contributed by atoms with E-state index < -0.39 is 0 Å². The van der Waals surface area contributed by atoms with Gasteiger partial charge in [-0.1, -0.05) is 31.2 Å². The van der Waals surface area contributed by atoms with Crippen LogP contribution in [-0.4, -0.2) is 21.2 Å². The topological polar surface area (TPSA) is 30.7 Å². The van der Waals surface area contributed by atoms with Gasteiger partial charge in [0.25, 0.3) is 0 Å². The summed E-state index contributed by atoms with van der Waals surface area (Å²) in [6.07, 6.45) is 4.26. The first kappa shape index (κ1) is 11.2. The van der Waals surface area contributed by atoms with Crippen molar-refractivity contribution >= 4 is 27.8 Å². The van der Waals surface area contributed by atoms with Gasteiger partial charge in [-0.2, -0.15) is 0 Å². The van der Waals surface area contributed by atoms with Crippen LogP contribution in [-0.2, 0) is 0 Å². The van der Waals surface area contributed by atoms with E-state index in [9.17, 15) is 0 Å². The van der Waals surface area contributed by atoms with Crippen molar-refractivity contribution in [3.8, 4) is 0 Å². The highest BCUT2D eigenvalue weighted by Gasteiger charge is 2.07. The van der Waals surface area contributed by atoms with Gasteiger partial charge in [0.15, 0.2) is 0 Å². The van der Waals surface area contributed by atoms with Crippen LogP contribution < -0.4 is 0 Å². The summed E-state index contributed by atoms with van der Waals surface area (Å²) in [6.45, 7) is 4.32. The minimum atomic E-state index is 0.505. The Kier molecular flexibility index (Phi) is 3.29. The van der Waals surface area contributed by atoms with Gasteiger partial charge in [0.1, 0.15) is 5.52 Å². The minimum Gasteiger partial charge on any atom is -0.207 e. The maximum absolute atomic E-state index is 4.20. The van der Waals surface area contributed by atoms with E-state index in [1.165, 1.54) is 0 Å². The molecule has 1 aromatic carbocycles. The summed E-state index contributed by atoms with van der Waals surface area (Å²) in [4.78, 5) is 0. The fraction of sp³-hybridized carbons (Fsp3) is 0.333. The molecule has 0 bridgehead atoms. The van der Waals surface area contributed by atoms with Crippen LogP contribution in [0.4, 0.5) is 0 Å².